The second-order valence-corrected chi connectivity index (χ2v) is 9.15. The Bertz CT molecular complexity index is 1420. The lowest BCUT2D eigenvalue weighted by Gasteiger charge is -2.24. The van der Waals surface area contributed by atoms with Crippen molar-refractivity contribution in [3.63, 3.8) is 0 Å². The Balaban J connectivity index is 1.61. The number of rotatable bonds is 2. The highest BCUT2D eigenvalue weighted by Crippen LogP contribution is 2.39. The van der Waals surface area contributed by atoms with Crippen LogP contribution in [-0.4, -0.2) is 37.6 Å². The molecular formula is C24H23N5S. The minimum atomic E-state index is 0.829. The molecule has 0 saturated carbocycles. The molecule has 1 aliphatic heterocycles. The van der Waals surface area contributed by atoms with E-state index >= 15 is 0 Å². The zero-order chi connectivity index (χ0) is 20.4. The van der Waals surface area contributed by atoms with Crippen molar-refractivity contribution >= 4 is 33.3 Å². The smallest absolute Gasteiger partial charge is 0.126 e. The summed E-state index contributed by atoms with van der Waals surface area (Å²) >= 11 is 1.80. The highest BCUT2D eigenvalue weighted by molar-refractivity contribution is 7.14. The van der Waals surface area contributed by atoms with Gasteiger partial charge in [-0.2, -0.15) is 0 Å². The second-order valence-electron chi connectivity index (χ2n) is 8.23. The molecular weight excluding hydrogens is 390 g/mol. The lowest BCUT2D eigenvalue weighted by molar-refractivity contribution is 0.311. The molecule has 1 aromatic carbocycles. The van der Waals surface area contributed by atoms with Gasteiger partial charge in [0.05, 0.1) is 27.8 Å². The van der Waals surface area contributed by atoms with Crippen molar-refractivity contribution in [3.8, 4) is 16.1 Å². The van der Waals surface area contributed by atoms with Crippen molar-refractivity contribution in [2.45, 2.75) is 19.9 Å². The number of aromatic nitrogens is 4. The van der Waals surface area contributed by atoms with Crippen molar-refractivity contribution in [3.05, 3.63) is 65.2 Å². The fourth-order valence-corrected chi connectivity index (χ4v) is 5.59. The minimum Gasteiger partial charge on any atom is -0.351 e. The Morgan fingerprint density at radius 3 is 2.87 bits per heavy atom. The van der Waals surface area contributed by atoms with Crippen LogP contribution in [0.15, 0.2) is 48.1 Å². The molecule has 1 aliphatic rings. The Morgan fingerprint density at radius 2 is 1.97 bits per heavy atom. The summed E-state index contributed by atoms with van der Waals surface area (Å²) in [7, 11) is 4.29. The van der Waals surface area contributed by atoms with E-state index in [2.05, 4.69) is 75.0 Å². The van der Waals surface area contributed by atoms with E-state index in [0.717, 1.165) is 36.4 Å². The molecule has 5 heterocycles. The first kappa shape index (κ1) is 17.9. The van der Waals surface area contributed by atoms with Gasteiger partial charge >= 0.3 is 0 Å². The molecule has 6 rings (SSSR count). The molecule has 4 aromatic heterocycles. The average Bonchev–Trinajstić information content (AvgIpc) is 3.44. The van der Waals surface area contributed by atoms with Gasteiger partial charge in [0.15, 0.2) is 0 Å². The van der Waals surface area contributed by atoms with Crippen LogP contribution < -0.4 is 0 Å². The van der Waals surface area contributed by atoms with Crippen LogP contribution in [-0.2, 0) is 20.0 Å². The summed E-state index contributed by atoms with van der Waals surface area (Å²) < 4.78 is 4.60. The summed E-state index contributed by atoms with van der Waals surface area (Å²) in [4.78, 5) is 13.1. The Labute approximate surface area is 179 Å². The Hall–Kier alpha value is -2.96. The summed E-state index contributed by atoms with van der Waals surface area (Å²) in [5.74, 6) is 0.829. The van der Waals surface area contributed by atoms with Gasteiger partial charge in [-0.3, -0.25) is 0 Å². The summed E-state index contributed by atoms with van der Waals surface area (Å²) in [6, 6.07) is 11.2. The molecule has 0 radical (unpaired) electrons. The number of aryl methyl sites for hydroxylation is 2. The topological polar surface area (TPSA) is 38.9 Å². The molecule has 0 amide bonds. The van der Waals surface area contributed by atoms with E-state index in [-0.39, 0.29) is 0 Å². The van der Waals surface area contributed by atoms with E-state index in [9.17, 15) is 0 Å². The fourth-order valence-electron chi connectivity index (χ4n) is 4.71. The zero-order valence-corrected chi connectivity index (χ0v) is 18.2. The Morgan fingerprint density at radius 1 is 1.07 bits per heavy atom. The fraction of sp³-hybridized carbons (Fsp3) is 0.250. The maximum absolute atomic E-state index is 4.84. The molecule has 5 aromatic rings. The molecule has 0 fully saturated rings. The molecule has 150 valence electrons. The molecule has 0 N–H and O–H groups in total. The van der Waals surface area contributed by atoms with Crippen molar-refractivity contribution in [1.82, 2.24) is 24.0 Å². The Kier molecular flexibility index (Phi) is 3.88. The molecule has 0 aliphatic carbocycles. The van der Waals surface area contributed by atoms with Gasteiger partial charge in [-0.1, -0.05) is 12.1 Å². The lowest BCUT2D eigenvalue weighted by Crippen LogP contribution is -2.27. The molecule has 30 heavy (non-hydrogen) atoms. The molecule has 5 nitrogen and oxygen atoms in total. The average molecular weight is 414 g/mol. The SMILES string of the molecule is Cc1ncc2c(n1)c1c(n2-c2ccsc2-c2ccc3ccn(C)c3c2)CCN(C)C1. The van der Waals surface area contributed by atoms with Crippen molar-refractivity contribution < 1.29 is 0 Å². The van der Waals surface area contributed by atoms with Gasteiger partial charge in [0.1, 0.15) is 5.82 Å². The maximum Gasteiger partial charge on any atom is 0.126 e. The highest BCUT2D eigenvalue weighted by atomic mass is 32.1. The van der Waals surface area contributed by atoms with E-state index < -0.39 is 0 Å². The van der Waals surface area contributed by atoms with E-state index in [1.807, 2.05) is 13.1 Å². The molecule has 0 atom stereocenters. The van der Waals surface area contributed by atoms with Crippen molar-refractivity contribution in [2.75, 3.05) is 13.6 Å². The quantitative estimate of drug-likeness (QED) is 0.412. The van der Waals surface area contributed by atoms with Crippen LogP contribution in [0.4, 0.5) is 0 Å². The van der Waals surface area contributed by atoms with Crippen molar-refractivity contribution in [1.29, 1.82) is 0 Å². The normalized spacial score (nSPS) is 14.6. The van der Waals surface area contributed by atoms with Crippen LogP contribution >= 0.6 is 11.3 Å². The number of hydrogen-bond acceptors (Lipinski definition) is 4. The van der Waals surface area contributed by atoms with Crippen LogP contribution in [0.5, 0.6) is 0 Å². The molecule has 0 bridgehead atoms. The first-order valence-electron chi connectivity index (χ1n) is 10.3. The van der Waals surface area contributed by atoms with Gasteiger partial charge in [0.2, 0.25) is 0 Å². The van der Waals surface area contributed by atoms with Crippen molar-refractivity contribution in [2.24, 2.45) is 7.05 Å². The molecule has 0 saturated heterocycles. The first-order valence-corrected chi connectivity index (χ1v) is 11.2. The summed E-state index contributed by atoms with van der Waals surface area (Å²) in [5.41, 5.74) is 8.68. The van der Waals surface area contributed by atoms with Gasteiger partial charge < -0.3 is 14.0 Å². The number of nitrogens with zero attached hydrogens (tertiary/aromatic N) is 5. The van der Waals surface area contributed by atoms with Gasteiger partial charge in [-0.25, -0.2) is 9.97 Å². The zero-order valence-electron chi connectivity index (χ0n) is 17.4. The third-order valence-electron chi connectivity index (χ3n) is 6.23. The largest absolute Gasteiger partial charge is 0.351 e. The minimum absolute atomic E-state index is 0.829. The van der Waals surface area contributed by atoms with Gasteiger partial charge in [0.25, 0.3) is 0 Å². The highest BCUT2D eigenvalue weighted by Gasteiger charge is 2.26. The number of hydrogen-bond donors (Lipinski definition) is 0. The third-order valence-corrected chi connectivity index (χ3v) is 7.18. The van der Waals surface area contributed by atoms with Gasteiger partial charge in [-0.05, 0) is 48.5 Å². The van der Waals surface area contributed by atoms with Crippen LogP contribution in [0, 0.1) is 6.92 Å². The molecule has 6 heteroatoms. The summed E-state index contributed by atoms with van der Waals surface area (Å²) in [6.07, 6.45) is 5.14. The van der Waals surface area contributed by atoms with E-state index in [0.29, 0.717) is 0 Å². The predicted molar refractivity (Wildman–Crippen MR) is 123 cm³/mol. The number of benzene rings is 1. The van der Waals surface area contributed by atoms with Gasteiger partial charge in [0, 0.05) is 49.5 Å². The number of fused-ring (bicyclic) bond motifs is 4. The molecule has 0 unspecified atom stereocenters. The van der Waals surface area contributed by atoms with Crippen LogP contribution in [0.1, 0.15) is 17.1 Å². The lowest BCUT2D eigenvalue weighted by atomic mass is 10.1. The standard InChI is InChI=1S/C24H23N5S/c1-15-25-13-22-23(26-15)18-14-27(2)9-7-19(18)29(22)20-8-11-30-24(20)17-5-4-16-6-10-28(3)21(16)12-17/h4-6,8,10-13H,7,9,14H2,1-3H3. The summed E-state index contributed by atoms with van der Waals surface area (Å²) in [6.45, 7) is 3.97. The van der Waals surface area contributed by atoms with Crippen LogP contribution in [0.2, 0.25) is 0 Å². The van der Waals surface area contributed by atoms with E-state index in [4.69, 9.17) is 4.98 Å². The maximum atomic E-state index is 4.84. The van der Waals surface area contributed by atoms with E-state index in [1.54, 1.807) is 11.3 Å². The van der Waals surface area contributed by atoms with E-state index in [1.165, 1.54) is 38.3 Å². The monoisotopic (exact) mass is 413 g/mol. The number of thiophene rings is 1. The predicted octanol–water partition coefficient (Wildman–Crippen LogP) is 4.94. The first-order chi connectivity index (χ1) is 14.6. The third kappa shape index (κ3) is 2.57. The second kappa shape index (κ2) is 6.52. The summed E-state index contributed by atoms with van der Waals surface area (Å²) in [5, 5.41) is 3.47. The molecule has 0 spiro atoms. The number of likely N-dealkylation sites (N-methyl/N-ethyl adjacent to an activating group) is 1. The van der Waals surface area contributed by atoms with Crippen LogP contribution in [0.3, 0.4) is 0 Å². The van der Waals surface area contributed by atoms with Gasteiger partial charge in [-0.15, -0.1) is 11.3 Å². The van der Waals surface area contributed by atoms with Crippen LogP contribution in [0.25, 0.3) is 38.1 Å².